The van der Waals surface area contributed by atoms with Crippen LogP contribution in [0.4, 0.5) is 5.69 Å². The van der Waals surface area contributed by atoms with Gasteiger partial charge in [-0.1, -0.05) is 30.7 Å². The number of nitrogens with one attached hydrogen (secondary N) is 1. The Hall–Kier alpha value is -2.80. The molecule has 7 nitrogen and oxygen atoms in total. The number of amides is 1. The van der Waals surface area contributed by atoms with Gasteiger partial charge in [-0.05, 0) is 31.5 Å². The van der Waals surface area contributed by atoms with Gasteiger partial charge >= 0.3 is 0 Å². The number of nitrogens with zero attached hydrogens (tertiary/aromatic N) is 4. The molecule has 0 radical (unpaired) electrons. The van der Waals surface area contributed by atoms with Crippen molar-refractivity contribution >= 4 is 23.2 Å². The van der Waals surface area contributed by atoms with E-state index in [0.29, 0.717) is 18.1 Å². The fourth-order valence-corrected chi connectivity index (χ4v) is 3.18. The summed E-state index contributed by atoms with van der Waals surface area (Å²) in [7, 11) is 1.65. The molecule has 2 heterocycles. The summed E-state index contributed by atoms with van der Waals surface area (Å²) in [5, 5.41) is 12.3. The molecule has 0 aliphatic carbocycles. The molecule has 1 atom stereocenters. The molecule has 0 aliphatic rings. The van der Waals surface area contributed by atoms with Gasteiger partial charge in [0, 0.05) is 6.20 Å². The summed E-state index contributed by atoms with van der Waals surface area (Å²) in [6.45, 7) is 6.75. The molecule has 1 N–H and O–H groups in total. The average molecular weight is 402 g/mol. The largest absolute Gasteiger partial charge is 0.497 e. The maximum absolute atomic E-state index is 12.6. The van der Waals surface area contributed by atoms with Crippen LogP contribution < -0.4 is 10.1 Å². The van der Waals surface area contributed by atoms with E-state index in [4.69, 9.17) is 16.3 Å². The highest BCUT2D eigenvalue weighted by Gasteiger charge is 2.19. The molecule has 0 bridgehead atoms. The molecule has 28 heavy (non-hydrogen) atoms. The minimum Gasteiger partial charge on any atom is -0.497 e. The summed E-state index contributed by atoms with van der Waals surface area (Å²) in [5.74, 6) is 0.454. The highest BCUT2D eigenvalue weighted by atomic mass is 35.5. The van der Waals surface area contributed by atoms with Crippen LogP contribution in [0.3, 0.4) is 0 Å². The number of carbonyl (C=O) groups excluding carboxylic acids is 1. The lowest BCUT2D eigenvalue weighted by molar-refractivity contribution is -0.119. The van der Waals surface area contributed by atoms with Crippen LogP contribution in [0.1, 0.15) is 23.9 Å². The first-order valence-corrected chi connectivity index (χ1v) is 9.41. The van der Waals surface area contributed by atoms with Crippen molar-refractivity contribution in [2.45, 2.75) is 33.9 Å². The van der Waals surface area contributed by atoms with E-state index in [1.54, 1.807) is 24.2 Å². The van der Waals surface area contributed by atoms with Crippen LogP contribution in [-0.4, -0.2) is 32.6 Å². The number of benzene rings is 1. The smallest absolute Gasteiger partial charge is 0.229 e. The third-order valence-electron chi connectivity index (χ3n) is 4.61. The van der Waals surface area contributed by atoms with E-state index in [9.17, 15) is 4.79 Å². The summed E-state index contributed by atoms with van der Waals surface area (Å²) in [5.41, 5.74) is 3.51. The van der Waals surface area contributed by atoms with Gasteiger partial charge in [0.1, 0.15) is 5.75 Å². The summed E-state index contributed by atoms with van der Waals surface area (Å²) in [4.78, 5) is 12.6. The van der Waals surface area contributed by atoms with E-state index in [-0.39, 0.29) is 11.8 Å². The SMILES string of the molecule is COc1cccc(Cn2nc(C)c(NC(=O)C(C)Cn3cc(Cl)cn3)c2C)c1. The zero-order valence-electron chi connectivity index (χ0n) is 16.4. The average Bonchev–Trinajstić information content (AvgIpc) is 3.19. The van der Waals surface area contributed by atoms with E-state index < -0.39 is 0 Å². The van der Waals surface area contributed by atoms with Crippen molar-refractivity contribution in [1.82, 2.24) is 19.6 Å². The lowest BCUT2D eigenvalue weighted by atomic mass is 10.1. The third kappa shape index (κ3) is 4.54. The Morgan fingerprint density at radius 1 is 1.36 bits per heavy atom. The number of carbonyl (C=O) groups is 1. The van der Waals surface area contributed by atoms with Crippen molar-refractivity contribution in [3.8, 4) is 5.75 Å². The molecule has 1 aromatic carbocycles. The van der Waals surface area contributed by atoms with Gasteiger partial charge in [-0.3, -0.25) is 14.2 Å². The van der Waals surface area contributed by atoms with Gasteiger partial charge in [-0.15, -0.1) is 0 Å². The van der Waals surface area contributed by atoms with Gasteiger partial charge in [0.25, 0.3) is 0 Å². The Bertz CT molecular complexity index is 979. The molecule has 0 saturated carbocycles. The quantitative estimate of drug-likeness (QED) is 0.655. The molecule has 0 fully saturated rings. The van der Waals surface area contributed by atoms with Crippen LogP contribution in [0.2, 0.25) is 5.02 Å². The molecule has 2 aromatic heterocycles. The second kappa shape index (κ2) is 8.48. The van der Waals surface area contributed by atoms with Crippen LogP contribution in [0.25, 0.3) is 0 Å². The Kier molecular flexibility index (Phi) is 6.04. The molecule has 1 unspecified atom stereocenters. The molecule has 3 rings (SSSR count). The van der Waals surface area contributed by atoms with Crippen molar-refractivity contribution in [3.63, 3.8) is 0 Å². The number of ether oxygens (including phenoxy) is 1. The van der Waals surface area contributed by atoms with Crippen LogP contribution in [-0.2, 0) is 17.9 Å². The van der Waals surface area contributed by atoms with Gasteiger partial charge in [0.15, 0.2) is 0 Å². The maximum Gasteiger partial charge on any atom is 0.229 e. The van der Waals surface area contributed by atoms with E-state index in [0.717, 1.165) is 28.4 Å². The Morgan fingerprint density at radius 3 is 2.82 bits per heavy atom. The molecule has 148 valence electrons. The van der Waals surface area contributed by atoms with Crippen molar-refractivity contribution < 1.29 is 9.53 Å². The van der Waals surface area contributed by atoms with Gasteiger partial charge in [-0.2, -0.15) is 10.2 Å². The minimum absolute atomic E-state index is 0.0845. The van der Waals surface area contributed by atoms with Crippen molar-refractivity contribution in [2.24, 2.45) is 5.92 Å². The fourth-order valence-electron chi connectivity index (χ4n) is 3.02. The summed E-state index contributed by atoms with van der Waals surface area (Å²) in [6, 6.07) is 7.86. The minimum atomic E-state index is -0.267. The number of methoxy groups -OCH3 is 1. The number of anilines is 1. The van der Waals surface area contributed by atoms with Crippen molar-refractivity contribution in [2.75, 3.05) is 12.4 Å². The number of rotatable bonds is 7. The lowest BCUT2D eigenvalue weighted by Gasteiger charge is -2.13. The van der Waals surface area contributed by atoms with Gasteiger partial charge in [-0.25, -0.2) is 0 Å². The molecule has 1 amide bonds. The molecule has 0 saturated heterocycles. The Morgan fingerprint density at radius 2 is 2.14 bits per heavy atom. The summed E-state index contributed by atoms with van der Waals surface area (Å²) >= 11 is 5.88. The van der Waals surface area contributed by atoms with Gasteiger partial charge in [0.05, 0.1) is 54.4 Å². The maximum atomic E-state index is 12.6. The number of aryl methyl sites for hydroxylation is 1. The van der Waals surface area contributed by atoms with Crippen LogP contribution in [0, 0.1) is 19.8 Å². The van der Waals surface area contributed by atoms with Crippen LogP contribution in [0.15, 0.2) is 36.7 Å². The van der Waals surface area contributed by atoms with Crippen LogP contribution >= 0.6 is 11.6 Å². The molecule has 0 spiro atoms. The van der Waals surface area contributed by atoms with Crippen molar-refractivity contribution in [1.29, 1.82) is 0 Å². The molecular weight excluding hydrogens is 378 g/mol. The number of hydrogen-bond acceptors (Lipinski definition) is 4. The topological polar surface area (TPSA) is 74.0 Å². The molecule has 3 aromatic rings. The Labute approximate surface area is 169 Å². The van der Waals surface area contributed by atoms with E-state index in [1.165, 1.54) is 0 Å². The highest BCUT2D eigenvalue weighted by Crippen LogP contribution is 2.22. The number of halogens is 1. The normalized spacial score (nSPS) is 12.0. The zero-order valence-corrected chi connectivity index (χ0v) is 17.2. The second-order valence-electron chi connectivity index (χ2n) is 6.83. The third-order valence-corrected chi connectivity index (χ3v) is 4.80. The van der Waals surface area contributed by atoms with E-state index in [2.05, 4.69) is 15.5 Å². The molecular formula is C20H24ClN5O2. The molecule has 0 aliphatic heterocycles. The summed E-state index contributed by atoms with van der Waals surface area (Å²) in [6.07, 6.45) is 3.26. The fraction of sp³-hybridized carbons (Fsp3) is 0.350. The molecule has 8 heteroatoms. The monoisotopic (exact) mass is 401 g/mol. The first kappa shape index (κ1) is 19.9. The van der Waals surface area contributed by atoms with Crippen molar-refractivity contribution in [3.05, 3.63) is 58.6 Å². The predicted molar refractivity (Wildman–Crippen MR) is 109 cm³/mol. The number of aromatic nitrogens is 4. The van der Waals surface area contributed by atoms with Gasteiger partial charge in [0.2, 0.25) is 5.91 Å². The lowest BCUT2D eigenvalue weighted by Crippen LogP contribution is -2.25. The second-order valence-corrected chi connectivity index (χ2v) is 7.26. The Balaban J connectivity index is 1.71. The van der Waals surface area contributed by atoms with Crippen LogP contribution in [0.5, 0.6) is 5.75 Å². The first-order valence-electron chi connectivity index (χ1n) is 9.03. The standard InChI is InChI=1S/C20H24ClN5O2/c1-13(10-25-12-17(21)9-22-25)20(27)23-19-14(2)24-26(15(19)3)11-16-6-5-7-18(8-16)28-4/h5-9,12-13H,10-11H2,1-4H3,(H,23,27). The van der Waals surface area contributed by atoms with E-state index >= 15 is 0 Å². The predicted octanol–water partition coefficient (Wildman–Crippen LogP) is 3.68. The number of hydrogen-bond donors (Lipinski definition) is 1. The van der Waals surface area contributed by atoms with E-state index in [1.807, 2.05) is 49.7 Å². The van der Waals surface area contributed by atoms with Gasteiger partial charge < -0.3 is 10.1 Å². The first-order chi connectivity index (χ1) is 13.4. The summed E-state index contributed by atoms with van der Waals surface area (Å²) < 4.78 is 8.83. The highest BCUT2D eigenvalue weighted by molar-refractivity contribution is 6.30. The zero-order chi connectivity index (χ0) is 20.3.